The second kappa shape index (κ2) is 11.1. The number of Topliss-reactive ketones (excluding diaryl/α,β-unsaturated/α-hetero) is 1. The van der Waals surface area contributed by atoms with E-state index in [1.807, 2.05) is 56.3 Å². The van der Waals surface area contributed by atoms with Crippen molar-refractivity contribution in [1.29, 1.82) is 0 Å². The summed E-state index contributed by atoms with van der Waals surface area (Å²) in [7, 11) is 0. The average molecular weight is 433 g/mol. The summed E-state index contributed by atoms with van der Waals surface area (Å²) in [6, 6.07) is 14.1. The molecule has 0 saturated heterocycles. The number of ketones is 1. The normalized spacial score (nSPS) is 11.9. The van der Waals surface area contributed by atoms with Crippen LogP contribution in [0.1, 0.15) is 43.4 Å². The van der Waals surface area contributed by atoms with Crippen LogP contribution in [-0.2, 0) is 17.8 Å². The Morgan fingerprint density at radius 2 is 1.81 bits per heavy atom. The zero-order valence-electron chi connectivity index (χ0n) is 16.5. The first-order valence-electron chi connectivity index (χ1n) is 9.51. The molecular weight excluding hydrogens is 404 g/mol. The van der Waals surface area contributed by atoms with E-state index < -0.39 is 0 Å². The molecule has 0 radical (unpaired) electrons. The van der Waals surface area contributed by atoms with E-state index in [2.05, 4.69) is 15.9 Å². The SMILES string of the molecule is CC(=O)C(C)Cc1ccc(OCCCCBr)c(C)c1OCc1ccccc1. The van der Waals surface area contributed by atoms with Crippen LogP contribution >= 0.6 is 15.9 Å². The first kappa shape index (κ1) is 21.5. The molecule has 146 valence electrons. The van der Waals surface area contributed by atoms with Crippen LogP contribution in [0.4, 0.5) is 0 Å². The van der Waals surface area contributed by atoms with Crippen LogP contribution in [0.5, 0.6) is 11.5 Å². The largest absolute Gasteiger partial charge is 0.493 e. The lowest BCUT2D eigenvalue weighted by Crippen LogP contribution is -2.12. The lowest BCUT2D eigenvalue weighted by atomic mass is 9.95. The van der Waals surface area contributed by atoms with Crippen molar-refractivity contribution in [2.45, 2.75) is 46.6 Å². The molecule has 0 aliphatic rings. The van der Waals surface area contributed by atoms with Crippen LogP contribution in [-0.4, -0.2) is 17.7 Å². The molecule has 4 heteroatoms. The molecule has 0 aliphatic carbocycles. The molecule has 1 unspecified atom stereocenters. The molecule has 0 aromatic heterocycles. The summed E-state index contributed by atoms with van der Waals surface area (Å²) in [5.74, 6) is 1.85. The van der Waals surface area contributed by atoms with Crippen LogP contribution in [0.15, 0.2) is 42.5 Å². The molecular formula is C23H29BrO3. The molecule has 3 nitrogen and oxygen atoms in total. The lowest BCUT2D eigenvalue weighted by Gasteiger charge is -2.19. The van der Waals surface area contributed by atoms with E-state index in [1.165, 1.54) is 0 Å². The highest BCUT2D eigenvalue weighted by molar-refractivity contribution is 9.09. The number of ether oxygens (including phenoxy) is 2. The van der Waals surface area contributed by atoms with Crippen LogP contribution in [0.25, 0.3) is 0 Å². The van der Waals surface area contributed by atoms with E-state index >= 15 is 0 Å². The maximum atomic E-state index is 11.7. The third kappa shape index (κ3) is 6.69. The molecule has 0 aliphatic heterocycles. The lowest BCUT2D eigenvalue weighted by molar-refractivity contribution is -0.120. The Bertz CT molecular complexity index is 728. The number of unbranched alkanes of at least 4 members (excludes halogenated alkanes) is 1. The van der Waals surface area contributed by atoms with Gasteiger partial charge in [-0.15, -0.1) is 0 Å². The van der Waals surface area contributed by atoms with Gasteiger partial charge in [-0.25, -0.2) is 0 Å². The van der Waals surface area contributed by atoms with Crippen LogP contribution in [0, 0.1) is 12.8 Å². The number of rotatable bonds is 11. The third-order valence-electron chi connectivity index (χ3n) is 4.67. The van der Waals surface area contributed by atoms with Crippen molar-refractivity contribution < 1.29 is 14.3 Å². The third-order valence-corrected chi connectivity index (χ3v) is 5.23. The minimum absolute atomic E-state index is 0.0332. The number of hydrogen-bond donors (Lipinski definition) is 0. The summed E-state index contributed by atoms with van der Waals surface area (Å²) >= 11 is 3.45. The van der Waals surface area contributed by atoms with Crippen molar-refractivity contribution >= 4 is 21.7 Å². The van der Waals surface area contributed by atoms with Crippen LogP contribution in [0.2, 0.25) is 0 Å². The maximum Gasteiger partial charge on any atom is 0.132 e. The highest BCUT2D eigenvalue weighted by Gasteiger charge is 2.17. The molecule has 1 atom stereocenters. The van der Waals surface area contributed by atoms with Gasteiger partial charge >= 0.3 is 0 Å². The van der Waals surface area contributed by atoms with E-state index in [4.69, 9.17) is 9.47 Å². The van der Waals surface area contributed by atoms with Gasteiger partial charge in [0.05, 0.1) is 6.61 Å². The van der Waals surface area contributed by atoms with Gasteiger partial charge in [-0.3, -0.25) is 4.79 Å². The smallest absolute Gasteiger partial charge is 0.132 e. The van der Waals surface area contributed by atoms with Gasteiger partial charge in [-0.1, -0.05) is 59.3 Å². The second-order valence-electron chi connectivity index (χ2n) is 6.91. The van der Waals surface area contributed by atoms with Gasteiger partial charge < -0.3 is 9.47 Å². The summed E-state index contributed by atoms with van der Waals surface area (Å²) in [5, 5.41) is 0.989. The molecule has 0 heterocycles. The van der Waals surface area contributed by atoms with Gasteiger partial charge in [-0.05, 0) is 50.3 Å². The number of carbonyl (C=O) groups excluding carboxylic acids is 1. The highest BCUT2D eigenvalue weighted by Crippen LogP contribution is 2.34. The summed E-state index contributed by atoms with van der Waals surface area (Å²) in [5.41, 5.74) is 3.17. The van der Waals surface area contributed by atoms with E-state index in [-0.39, 0.29) is 11.7 Å². The first-order valence-corrected chi connectivity index (χ1v) is 10.6. The molecule has 0 spiro atoms. The number of halogens is 1. The number of benzene rings is 2. The van der Waals surface area contributed by atoms with E-state index in [9.17, 15) is 4.79 Å². The van der Waals surface area contributed by atoms with Crippen molar-refractivity contribution in [3.8, 4) is 11.5 Å². The summed E-state index contributed by atoms with van der Waals surface area (Å²) in [4.78, 5) is 11.7. The molecule has 0 N–H and O–H groups in total. The Hall–Kier alpha value is -1.81. The molecule has 0 bridgehead atoms. The Morgan fingerprint density at radius 1 is 1.07 bits per heavy atom. The maximum absolute atomic E-state index is 11.7. The Kier molecular flexibility index (Phi) is 8.86. The van der Waals surface area contributed by atoms with Gasteiger partial charge in [0.25, 0.3) is 0 Å². The molecule has 2 rings (SSSR count). The minimum Gasteiger partial charge on any atom is -0.493 e. The standard InChI is InChI=1S/C23H29BrO3/c1-17(19(3)25)15-21-11-12-22(26-14-8-7-13-24)18(2)23(21)27-16-20-9-5-4-6-10-20/h4-6,9-12,17H,7-8,13-16H2,1-3H3. The van der Waals surface area contributed by atoms with Crippen LogP contribution in [0.3, 0.4) is 0 Å². The average Bonchev–Trinajstić information content (AvgIpc) is 2.67. The molecule has 2 aromatic carbocycles. The van der Waals surface area contributed by atoms with Crippen molar-refractivity contribution in [3.63, 3.8) is 0 Å². The van der Waals surface area contributed by atoms with Gasteiger partial charge in [-0.2, -0.15) is 0 Å². The monoisotopic (exact) mass is 432 g/mol. The van der Waals surface area contributed by atoms with E-state index in [0.717, 1.165) is 46.4 Å². The van der Waals surface area contributed by atoms with Gasteiger partial charge in [0.1, 0.15) is 23.9 Å². The molecule has 0 fully saturated rings. The zero-order valence-corrected chi connectivity index (χ0v) is 18.1. The van der Waals surface area contributed by atoms with Crippen molar-refractivity contribution in [2.24, 2.45) is 5.92 Å². The quantitative estimate of drug-likeness (QED) is 0.327. The number of hydrogen-bond acceptors (Lipinski definition) is 3. The fourth-order valence-electron chi connectivity index (χ4n) is 2.83. The predicted octanol–water partition coefficient (Wildman–Crippen LogP) is 5.90. The van der Waals surface area contributed by atoms with E-state index in [1.54, 1.807) is 6.92 Å². The molecule has 0 amide bonds. The first-order chi connectivity index (χ1) is 13.0. The van der Waals surface area contributed by atoms with Crippen molar-refractivity contribution in [1.82, 2.24) is 0 Å². The van der Waals surface area contributed by atoms with Crippen molar-refractivity contribution in [3.05, 3.63) is 59.2 Å². The fourth-order valence-corrected chi connectivity index (χ4v) is 3.23. The Morgan fingerprint density at radius 3 is 2.48 bits per heavy atom. The topological polar surface area (TPSA) is 35.5 Å². The number of carbonyl (C=O) groups is 1. The summed E-state index contributed by atoms with van der Waals surface area (Å²) in [6.45, 7) is 6.82. The van der Waals surface area contributed by atoms with Gasteiger partial charge in [0.15, 0.2) is 0 Å². The van der Waals surface area contributed by atoms with Crippen LogP contribution < -0.4 is 9.47 Å². The van der Waals surface area contributed by atoms with Gasteiger partial charge in [0.2, 0.25) is 0 Å². The molecule has 0 saturated carbocycles. The van der Waals surface area contributed by atoms with E-state index in [0.29, 0.717) is 19.6 Å². The second-order valence-corrected chi connectivity index (χ2v) is 7.70. The molecule has 27 heavy (non-hydrogen) atoms. The van der Waals surface area contributed by atoms with Gasteiger partial charge in [0, 0.05) is 16.8 Å². The Balaban J connectivity index is 2.21. The molecule has 2 aromatic rings. The predicted molar refractivity (Wildman–Crippen MR) is 114 cm³/mol. The highest BCUT2D eigenvalue weighted by atomic mass is 79.9. The zero-order chi connectivity index (χ0) is 19.6. The van der Waals surface area contributed by atoms with Crippen molar-refractivity contribution in [2.75, 3.05) is 11.9 Å². The fraction of sp³-hybridized carbons (Fsp3) is 0.435. The Labute approximate surface area is 171 Å². The minimum atomic E-state index is -0.0332. The summed E-state index contributed by atoms with van der Waals surface area (Å²) < 4.78 is 12.2. The number of alkyl halides is 1. The summed E-state index contributed by atoms with van der Waals surface area (Å²) in [6.07, 6.45) is 2.77.